The molecule has 0 bridgehead atoms. The number of nitrogens with zero attached hydrogens (tertiary/aromatic N) is 2. The molecule has 0 saturated carbocycles. The molecule has 0 unspecified atom stereocenters. The molecule has 0 amide bonds. The van der Waals surface area contributed by atoms with Crippen molar-refractivity contribution in [2.45, 2.75) is 19.9 Å². The lowest BCUT2D eigenvalue weighted by molar-refractivity contribution is 0.0291. The van der Waals surface area contributed by atoms with E-state index in [-0.39, 0.29) is 5.23 Å². The molecule has 1 aliphatic heterocycles. The zero-order chi connectivity index (χ0) is 10.8. The molecule has 0 atom stereocenters. The molecule has 0 saturated heterocycles. The maximum Gasteiger partial charge on any atom is 0.0945 e. The van der Waals surface area contributed by atoms with Gasteiger partial charge >= 0.3 is 0 Å². The zero-order valence-corrected chi connectivity index (χ0v) is 8.85. The lowest BCUT2D eigenvalue weighted by Crippen LogP contribution is -2.30. The number of hydrogen-bond acceptors (Lipinski definition) is 4. The van der Waals surface area contributed by atoms with E-state index in [1.165, 1.54) is 11.1 Å². The summed E-state index contributed by atoms with van der Waals surface area (Å²) in [7, 11) is 0. The van der Waals surface area contributed by atoms with Crippen LogP contribution in [-0.2, 0) is 13.0 Å². The fourth-order valence-corrected chi connectivity index (χ4v) is 1.99. The molecule has 1 aromatic rings. The molecule has 0 spiro atoms. The highest BCUT2D eigenvalue weighted by molar-refractivity contribution is 5.48. The molecule has 15 heavy (non-hydrogen) atoms. The summed E-state index contributed by atoms with van der Waals surface area (Å²) >= 11 is 0. The summed E-state index contributed by atoms with van der Waals surface area (Å²) in [5.41, 5.74) is 2.93. The second-order valence-corrected chi connectivity index (χ2v) is 3.86. The van der Waals surface area contributed by atoms with Gasteiger partial charge in [-0.15, -0.1) is 5.23 Å². The summed E-state index contributed by atoms with van der Waals surface area (Å²) in [6.45, 7) is 5.22. The molecule has 0 aromatic heterocycles. The predicted molar refractivity (Wildman–Crippen MR) is 57.1 cm³/mol. The van der Waals surface area contributed by atoms with E-state index < -0.39 is 0 Å². The maximum atomic E-state index is 8.90. The van der Waals surface area contributed by atoms with Crippen LogP contribution in [0.1, 0.15) is 18.1 Å². The van der Waals surface area contributed by atoms with Crippen LogP contribution >= 0.6 is 0 Å². The second kappa shape index (κ2) is 4.18. The molecular formula is C11H16N2O2. The molecule has 1 heterocycles. The number of hydrogen-bond donors (Lipinski definition) is 2. The Kier molecular flexibility index (Phi) is 2.90. The first kappa shape index (κ1) is 10.4. The van der Waals surface area contributed by atoms with Gasteiger partial charge in [-0.2, -0.15) is 0 Å². The van der Waals surface area contributed by atoms with Crippen molar-refractivity contribution in [2.24, 2.45) is 0 Å². The van der Waals surface area contributed by atoms with Gasteiger partial charge in [0.2, 0.25) is 0 Å². The Labute approximate surface area is 89.3 Å². The van der Waals surface area contributed by atoms with Crippen molar-refractivity contribution in [1.29, 1.82) is 0 Å². The summed E-state index contributed by atoms with van der Waals surface area (Å²) in [5, 5.41) is 18.0. The van der Waals surface area contributed by atoms with Gasteiger partial charge in [-0.1, -0.05) is 13.0 Å². The van der Waals surface area contributed by atoms with Crippen molar-refractivity contribution in [3.8, 4) is 0 Å². The fourth-order valence-electron chi connectivity index (χ4n) is 1.99. The van der Waals surface area contributed by atoms with E-state index in [9.17, 15) is 0 Å². The minimum absolute atomic E-state index is 0.173. The Morgan fingerprint density at radius 1 is 1.33 bits per heavy atom. The first-order valence-electron chi connectivity index (χ1n) is 5.22. The Morgan fingerprint density at radius 3 is 2.80 bits per heavy atom. The Hall–Kier alpha value is -1.10. The number of rotatable bonds is 2. The third-order valence-electron chi connectivity index (χ3n) is 2.96. The van der Waals surface area contributed by atoms with Crippen LogP contribution in [0.15, 0.2) is 18.2 Å². The van der Waals surface area contributed by atoms with Crippen LogP contribution in [0.25, 0.3) is 0 Å². The van der Waals surface area contributed by atoms with Crippen molar-refractivity contribution in [1.82, 2.24) is 4.90 Å². The van der Waals surface area contributed by atoms with Crippen molar-refractivity contribution in [3.63, 3.8) is 0 Å². The van der Waals surface area contributed by atoms with E-state index in [1.54, 1.807) is 6.07 Å². The minimum Gasteiger partial charge on any atom is -0.299 e. The molecule has 0 radical (unpaired) electrons. The SMILES string of the molecule is CCN1CCc2cc(N(O)O)ccc2C1. The Morgan fingerprint density at radius 2 is 2.13 bits per heavy atom. The highest BCUT2D eigenvalue weighted by atomic mass is 16.8. The van der Waals surface area contributed by atoms with Gasteiger partial charge < -0.3 is 0 Å². The van der Waals surface area contributed by atoms with Gasteiger partial charge in [-0.05, 0) is 36.2 Å². The number of anilines is 1. The van der Waals surface area contributed by atoms with Crippen LogP contribution in [-0.4, -0.2) is 28.4 Å². The van der Waals surface area contributed by atoms with E-state index in [0.29, 0.717) is 5.69 Å². The standard InChI is InChI=1S/C11H16N2O2/c1-2-12-6-5-9-7-11(13(14)15)4-3-10(9)8-12/h3-4,7,14-15H,2,5-6,8H2,1H3. The largest absolute Gasteiger partial charge is 0.299 e. The average molecular weight is 208 g/mol. The number of benzene rings is 1. The van der Waals surface area contributed by atoms with Gasteiger partial charge in [0.25, 0.3) is 0 Å². The van der Waals surface area contributed by atoms with Crippen LogP contribution in [0, 0.1) is 0 Å². The lowest BCUT2D eigenvalue weighted by atomic mass is 9.99. The predicted octanol–water partition coefficient (Wildman–Crippen LogP) is 1.65. The smallest absolute Gasteiger partial charge is 0.0945 e. The van der Waals surface area contributed by atoms with Crippen LogP contribution in [0.2, 0.25) is 0 Å². The number of fused-ring (bicyclic) bond motifs is 1. The lowest BCUT2D eigenvalue weighted by Gasteiger charge is -2.28. The molecular weight excluding hydrogens is 192 g/mol. The molecule has 4 heteroatoms. The van der Waals surface area contributed by atoms with E-state index in [1.807, 2.05) is 12.1 Å². The van der Waals surface area contributed by atoms with Crippen LogP contribution in [0.3, 0.4) is 0 Å². The van der Waals surface area contributed by atoms with Gasteiger partial charge in [0.1, 0.15) is 0 Å². The molecule has 82 valence electrons. The molecule has 2 rings (SSSR count). The Bertz CT molecular complexity index is 352. The van der Waals surface area contributed by atoms with Crippen molar-refractivity contribution < 1.29 is 10.4 Å². The zero-order valence-electron chi connectivity index (χ0n) is 8.85. The summed E-state index contributed by atoms with van der Waals surface area (Å²) in [6, 6.07) is 5.52. The summed E-state index contributed by atoms with van der Waals surface area (Å²) in [5.74, 6) is 0. The van der Waals surface area contributed by atoms with Gasteiger partial charge in [0.05, 0.1) is 5.69 Å². The maximum absolute atomic E-state index is 8.90. The van der Waals surface area contributed by atoms with Gasteiger partial charge in [-0.25, -0.2) is 0 Å². The van der Waals surface area contributed by atoms with Crippen molar-refractivity contribution in [2.75, 3.05) is 18.3 Å². The molecule has 2 N–H and O–H groups in total. The molecule has 0 fully saturated rings. The summed E-state index contributed by atoms with van der Waals surface area (Å²) in [6.07, 6.45) is 0.977. The first-order chi connectivity index (χ1) is 7.20. The molecule has 1 aromatic carbocycles. The second-order valence-electron chi connectivity index (χ2n) is 3.86. The van der Waals surface area contributed by atoms with E-state index >= 15 is 0 Å². The quantitative estimate of drug-likeness (QED) is 0.725. The minimum atomic E-state index is 0.173. The van der Waals surface area contributed by atoms with Gasteiger partial charge in [-0.3, -0.25) is 15.3 Å². The van der Waals surface area contributed by atoms with Gasteiger partial charge in [0, 0.05) is 13.1 Å². The molecule has 4 nitrogen and oxygen atoms in total. The summed E-state index contributed by atoms with van der Waals surface area (Å²) in [4.78, 5) is 2.37. The van der Waals surface area contributed by atoms with Crippen LogP contribution in [0.5, 0.6) is 0 Å². The topological polar surface area (TPSA) is 46.9 Å². The van der Waals surface area contributed by atoms with Gasteiger partial charge in [0.15, 0.2) is 0 Å². The molecule has 0 aliphatic carbocycles. The molecule has 1 aliphatic rings. The normalized spacial score (nSPS) is 16.2. The fraction of sp³-hybridized carbons (Fsp3) is 0.455. The first-order valence-corrected chi connectivity index (χ1v) is 5.22. The third kappa shape index (κ3) is 2.12. The van der Waals surface area contributed by atoms with Crippen molar-refractivity contribution in [3.05, 3.63) is 29.3 Å². The van der Waals surface area contributed by atoms with E-state index in [2.05, 4.69) is 11.8 Å². The number of likely N-dealkylation sites (N-methyl/N-ethyl adjacent to an activating group) is 1. The Balaban J connectivity index is 2.24. The average Bonchev–Trinajstić information content (AvgIpc) is 2.27. The van der Waals surface area contributed by atoms with Crippen LogP contribution in [0.4, 0.5) is 5.69 Å². The highest BCUT2D eigenvalue weighted by Crippen LogP contribution is 2.23. The van der Waals surface area contributed by atoms with E-state index in [4.69, 9.17) is 10.4 Å². The summed E-state index contributed by atoms with van der Waals surface area (Å²) < 4.78 is 0. The van der Waals surface area contributed by atoms with E-state index in [0.717, 1.165) is 26.1 Å². The highest BCUT2D eigenvalue weighted by Gasteiger charge is 2.15. The third-order valence-corrected chi connectivity index (χ3v) is 2.96. The van der Waals surface area contributed by atoms with Crippen molar-refractivity contribution >= 4 is 5.69 Å². The monoisotopic (exact) mass is 208 g/mol. The van der Waals surface area contributed by atoms with Crippen LogP contribution < -0.4 is 5.23 Å².